The minimum absolute atomic E-state index is 0.555. The molecule has 6 heteroatoms. The van der Waals surface area contributed by atoms with E-state index < -0.39 is 0 Å². The molecule has 0 atom stereocenters. The van der Waals surface area contributed by atoms with E-state index in [0.29, 0.717) is 22.1 Å². The first-order valence-corrected chi connectivity index (χ1v) is 6.95. The molecule has 3 heterocycles. The zero-order chi connectivity index (χ0) is 14.3. The monoisotopic (exact) mass is 290 g/mol. The van der Waals surface area contributed by atoms with Gasteiger partial charge in [0.15, 0.2) is 11.4 Å². The first kappa shape index (κ1) is 13.1. The molecule has 3 aromatic rings. The van der Waals surface area contributed by atoms with Crippen LogP contribution in [0, 0.1) is 13.8 Å². The molecule has 5 nitrogen and oxygen atoms in total. The molecule has 0 saturated carbocycles. The van der Waals surface area contributed by atoms with Crippen LogP contribution in [-0.2, 0) is 0 Å². The number of aromatic nitrogens is 3. The minimum Gasteiger partial charge on any atom is -0.432 e. The largest absolute Gasteiger partial charge is 0.432 e. The highest BCUT2D eigenvalue weighted by Gasteiger charge is 2.18. The summed E-state index contributed by atoms with van der Waals surface area (Å²) in [6.07, 6.45) is 2.54. The quantitative estimate of drug-likeness (QED) is 0.793. The molecule has 0 aliphatic carbocycles. The van der Waals surface area contributed by atoms with Crippen LogP contribution in [0.15, 0.2) is 10.7 Å². The number of pyridine rings is 1. The fraction of sp³-hybridized carbons (Fsp3) is 0.357. The Labute approximate surface area is 121 Å². The van der Waals surface area contributed by atoms with Crippen LogP contribution in [0.5, 0.6) is 0 Å². The molecular formula is C14H15ClN4O. The molecule has 0 aromatic carbocycles. The second kappa shape index (κ2) is 4.90. The van der Waals surface area contributed by atoms with E-state index in [1.807, 2.05) is 13.8 Å². The van der Waals surface area contributed by atoms with Gasteiger partial charge >= 0.3 is 0 Å². The van der Waals surface area contributed by atoms with E-state index in [2.05, 4.69) is 27.2 Å². The predicted molar refractivity (Wildman–Crippen MR) is 80.4 cm³/mol. The van der Waals surface area contributed by atoms with Crippen LogP contribution >= 0.6 is 11.6 Å². The molecule has 0 amide bonds. The zero-order valence-corrected chi connectivity index (χ0v) is 12.4. The average Bonchev–Trinajstić information content (AvgIpc) is 2.81. The number of nitrogens with one attached hydrogen (secondary N) is 1. The van der Waals surface area contributed by atoms with E-state index in [1.54, 1.807) is 0 Å². The summed E-state index contributed by atoms with van der Waals surface area (Å²) < 4.78 is 5.84. The highest BCUT2D eigenvalue weighted by atomic mass is 35.5. The van der Waals surface area contributed by atoms with E-state index in [9.17, 15) is 0 Å². The van der Waals surface area contributed by atoms with Crippen molar-refractivity contribution in [2.45, 2.75) is 27.2 Å². The van der Waals surface area contributed by atoms with Crippen LogP contribution in [0.1, 0.15) is 24.6 Å². The Hall–Kier alpha value is -1.88. The van der Waals surface area contributed by atoms with Crippen LogP contribution in [0.25, 0.3) is 22.2 Å². The zero-order valence-electron chi connectivity index (χ0n) is 11.6. The summed E-state index contributed by atoms with van der Waals surface area (Å²) in [4.78, 5) is 13.0. The molecule has 20 heavy (non-hydrogen) atoms. The summed E-state index contributed by atoms with van der Waals surface area (Å²) in [6, 6.07) is 0. The molecule has 3 aromatic heterocycles. The van der Waals surface area contributed by atoms with E-state index in [1.165, 1.54) is 6.33 Å². The number of anilines is 1. The molecule has 0 bridgehead atoms. The summed E-state index contributed by atoms with van der Waals surface area (Å²) in [5.41, 5.74) is 3.63. The lowest BCUT2D eigenvalue weighted by Crippen LogP contribution is -2.02. The molecule has 104 valence electrons. The van der Waals surface area contributed by atoms with Crippen molar-refractivity contribution in [1.29, 1.82) is 0 Å². The van der Waals surface area contributed by atoms with Gasteiger partial charge in [-0.2, -0.15) is 0 Å². The summed E-state index contributed by atoms with van der Waals surface area (Å²) in [7, 11) is 0. The van der Waals surface area contributed by atoms with Crippen LogP contribution in [0.2, 0.25) is 5.02 Å². The first-order valence-electron chi connectivity index (χ1n) is 6.57. The van der Waals surface area contributed by atoms with Crippen molar-refractivity contribution in [2.24, 2.45) is 0 Å². The Morgan fingerprint density at radius 2 is 2.10 bits per heavy atom. The predicted octanol–water partition coefficient (Wildman–Crippen LogP) is 3.86. The van der Waals surface area contributed by atoms with Crippen LogP contribution in [0.3, 0.4) is 0 Å². The average molecular weight is 291 g/mol. The summed E-state index contributed by atoms with van der Waals surface area (Å²) in [5.74, 6) is 0.697. The van der Waals surface area contributed by atoms with Crippen LogP contribution in [0.4, 0.5) is 5.82 Å². The minimum atomic E-state index is 0.555. The number of fused-ring (bicyclic) bond motifs is 3. The lowest BCUT2D eigenvalue weighted by Gasteiger charge is -2.03. The summed E-state index contributed by atoms with van der Waals surface area (Å²) in [6.45, 7) is 6.74. The number of aryl methyl sites for hydroxylation is 2. The smallest absolute Gasteiger partial charge is 0.229 e. The standard InChI is InChI=1S/C14H15ClN4O/c1-4-5-16-13-12-11(17-6-18-13)9-7(2)10(15)8(3)19-14(9)20-12/h6H,4-5H2,1-3H3,(H,16,17,18). The molecule has 3 rings (SSSR count). The molecule has 0 saturated heterocycles. The number of rotatable bonds is 3. The molecule has 0 fully saturated rings. The fourth-order valence-electron chi connectivity index (χ4n) is 2.27. The maximum Gasteiger partial charge on any atom is 0.229 e. The third-order valence-electron chi connectivity index (χ3n) is 3.29. The van der Waals surface area contributed by atoms with Crippen molar-refractivity contribution >= 4 is 39.6 Å². The topological polar surface area (TPSA) is 63.8 Å². The van der Waals surface area contributed by atoms with Gasteiger partial charge in [0.1, 0.15) is 11.8 Å². The Balaban J connectivity index is 2.34. The maximum absolute atomic E-state index is 6.27. The first-order chi connectivity index (χ1) is 9.63. The normalized spacial score (nSPS) is 11.4. The van der Waals surface area contributed by atoms with Crippen molar-refractivity contribution in [1.82, 2.24) is 15.0 Å². The Kier molecular flexibility index (Phi) is 3.22. The van der Waals surface area contributed by atoms with Gasteiger partial charge in [-0.1, -0.05) is 18.5 Å². The maximum atomic E-state index is 6.27. The van der Waals surface area contributed by atoms with Gasteiger partial charge in [-0.05, 0) is 25.8 Å². The molecule has 1 N–H and O–H groups in total. The third kappa shape index (κ3) is 1.89. The van der Waals surface area contributed by atoms with Gasteiger partial charge in [-0.25, -0.2) is 15.0 Å². The van der Waals surface area contributed by atoms with E-state index in [0.717, 1.165) is 35.1 Å². The van der Waals surface area contributed by atoms with Crippen LogP contribution < -0.4 is 5.32 Å². The van der Waals surface area contributed by atoms with E-state index in [4.69, 9.17) is 16.0 Å². The highest BCUT2D eigenvalue weighted by molar-refractivity contribution is 6.33. The van der Waals surface area contributed by atoms with Gasteiger partial charge in [-0.3, -0.25) is 0 Å². The second-order valence-electron chi connectivity index (χ2n) is 4.75. The van der Waals surface area contributed by atoms with Gasteiger partial charge in [0.05, 0.1) is 16.1 Å². The summed E-state index contributed by atoms with van der Waals surface area (Å²) >= 11 is 6.27. The van der Waals surface area contributed by atoms with E-state index >= 15 is 0 Å². The number of furan rings is 1. The molecule has 0 radical (unpaired) electrons. The highest BCUT2D eigenvalue weighted by Crippen LogP contribution is 2.35. The van der Waals surface area contributed by atoms with Crippen LogP contribution in [-0.4, -0.2) is 21.5 Å². The molecular weight excluding hydrogens is 276 g/mol. The molecule has 0 unspecified atom stereocenters. The number of halogens is 1. The van der Waals surface area contributed by atoms with E-state index in [-0.39, 0.29) is 0 Å². The number of hydrogen-bond donors (Lipinski definition) is 1. The summed E-state index contributed by atoms with van der Waals surface area (Å²) in [5, 5.41) is 4.75. The van der Waals surface area contributed by atoms with Crippen molar-refractivity contribution in [2.75, 3.05) is 11.9 Å². The van der Waals surface area contributed by atoms with Gasteiger partial charge in [0, 0.05) is 6.54 Å². The third-order valence-corrected chi connectivity index (χ3v) is 3.84. The van der Waals surface area contributed by atoms with Gasteiger partial charge in [0.25, 0.3) is 0 Å². The fourth-order valence-corrected chi connectivity index (χ4v) is 2.40. The number of hydrogen-bond acceptors (Lipinski definition) is 5. The Bertz CT molecular complexity index is 797. The lowest BCUT2D eigenvalue weighted by molar-refractivity contribution is 0.650. The number of nitrogens with zero attached hydrogens (tertiary/aromatic N) is 3. The molecule has 0 aliphatic rings. The lowest BCUT2D eigenvalue weighted by atomic mass is 10.1. The van der Waals surface area contributed by atoms with Crippen molar-refractivity contribution in [3.8, 4) is 0 Å². The Morgan fingerprint density at radius 1 is 1.30 bits per heavy atom. The van der Waals surface area contributed by atoms with Crippen molar-refractivity contribution in [3.05, 3.63) is 22.6 Å². The van der Waals surface area contributed by atoms with Gasteiger partial charge in [0.2, 0.25) is 5.71 Å². The Morgan fingerprint density at radius 3 is 2.85 bits per heavy atom. The van der Waals surface area contributed by atoms with Crippen molar-refractivity contribution < 1.29 is 4.42 Å². The van der Waals surface area contributed by atoms with Gasteiger partial charge < -0.3 is 9.73 Å². The molecule has 0 spiro atoms. The SMILES string of the molecule is CCCNc1ncnc2c1oc1nc(C)c(Cl)c(C)c12. The van der Waals surface area contributed by atoms with Gasteiger partial charge in [-0.15, -0.1) is 0 Å². The van der Waals surface area contributed by atoms with Crippen molar-refractivity contribution in [3.63, 3.8) is 0 Å². The molecule has 0 aliphatic heterocycles. The second-order valence-corrected chi connectivity index (χ2v) is 5.12.